The van der Waals surface area contributed by atoms with Gasteiger partial charge in [-0.1, -0.05) is 205 Å². The Balaban J connectivity index is 1.21. The highest BCUT2D eigenvalue weighted by Gasteiger charge is 2.58. The van der Waals surface area contributed by atoms with Gasteiger partial charge in [0.2, 0.25) is 0 Å². The summed E-state index contributed by atoms with van der Waals surface area (Å²) in [5.74, 6) is 0. The molecule has 0 bridgehead atoms. The van der Waals surface area contributed by atoms with Gasteiger partial charge in [-0.3, -0.25) is 0 Å². The zero-order valence-corrected chi connectivity index (χ0v) is 34.8. The smallest absolute Gasteiger partial charge is 0.0318 e. The molecule has 11 rings (SSSR count). The first-order valence-corrected chi connectivity index (χ1v) is 21.2. The summed E-state index contributed by atoms with van der Waals surface area (Å²) in [6.07, 6.45) is 0. The molecule has 0 aliphatic heterocycles. The molecular weight excluding hydrogens is 709 g/mol. The van der Waals surface area contributed by atoms with E-state index in [0.29, 0.717) is 0 Å². The maximum atomic E-state index is 2.59. The van der Waals surface area contributed by atoms with E-state index >= 15 is 0 Å². The minimum atomic E-state index is -0.272. The van der Waals surface area contributed by atoms with Crippen molar-refractivity contribution < 1.29 is 0 Å². The van der Waals surface area contributed by atoms with Crippen molar-refractivity contribution in [3.63, 3.8) is 0 Å². The van der Waals surface area contributed by atoms with E-state index in [2.05, 4.69) is 224 Å². The van der Waals surface area contributed by atoms with Gasteiger partial charge in [-0.25, -0.2) is 0 Å². The Bertz CT molecular complexity index is 3260. The lowest BCUT2D eigenvalue weighted by Gasteiger charge is -2.53. The third-order valence-electron chi connectivity index (χ3n) is 13.7. The Morgan fingerprint density at radius 1 is 0.305 bits per heavy atom. The molecule has 0 amide bonds. The molecule has 0 heterocycles. The molecule has 1 aliphatic rings. The van der Waals surface area contributed by atoms with Gasteiger partial charge in [0.05, 0.1) is 0 Å². The van der Waals surface area contributed by atoms with Crippen molar-refractivity contribution >= 4 is 53.9 Å². The molecule has 1 aliphatic carbocycles. The van der Waals surface area contributed by atoms with Gasteiger partial charge in [0.25, 0.3) is 0 Å². The van der Waals surface area contributed by atoms with Crippen LogP contribution in [-0.2, 0) is 5.41 Å². The quantitative estimate of drug-likeness (QED) is 0.124. The van der Waals surface area contributed by atoms with E-state index in [1.807, 2.05) is 0 Å². The number of hydrogen-bond donors (Lipinski definition) is 0. The fourth-order valence-electron chi connectivity index (χ4n) is 11.9. The van der Waals surface area contributed by atoms with Crippen molar-refractivity contribution in [2.75, 3.05) is 0 Å². The number of hydrogen-bond acceptors (Lipinski definition) is 0. The van der Waals surface area contributed by atoms with Gasteiger partial charge in [0.1, 0.15) is 0 Å². The standard InChI is InChI=1S/C59H48/c1-57(2,3)59(58(4,5)6)52-36-40-34-39(33-32-38(40)35-51(52)55-45-26-14-11-23-42(45)43-24-12-19-31-50(43)56(55)59)53-46-27-15-17-29-48(46)54(49-30-18-16-28-47(49)53)44-25-13-10-22-41(44)37-20-8-7-9-21-37/h7-36H,1-6H3. The normalized spacial score (nSPS) is 13.7. The fourth-order valence-corrected chi connectivity index (χ4v) is 11.9. The number of rotatable bonds is 3. The van der Waals surface area contributed by atoms with Crippen molar-refractivity contribution in [3.8, 4) is 44.5 Å². The molecule has 284 valence electrons. The second-order valence-electron chi connectivity index (χ2n) is 18.8. The van der Waals surface area contributed by atoms with Gasteiger partial charge in [-0.2, -0.15) is 0 Å². The van der Waals surface area contributed by atoms with Gasteiger partial charge >= 0.3 is 0 Å². The Hall–Kier alpha value is -6.50. The zero-order chi connectivity index (χ0) is 40.3. The Morgan fingerprint density at radius 2 is 0.763 bits per heavy atom. The Kier molecular flexibility index (Phi) is 7.70. The fraction of sp³-hybridized carbons (Fsp3) is 0.153. The highest BCUT2D eigenvalue weighted by atomic mass is 14.6. The first kappa shape index (κ1) is 35.6. The molecule has 0 heteroatoms. The third-order valence-corrected chi connectivity index (χ3v) is 13.7. The number of fused-ring (bicyclic) bond motifs is 11. The van der Waals surface area contributed by atoms with Crippen LogP contribution in [-0.4, -0.2) is 0 Å². The van der Waals surface area contributed by atoms with Crippen molar-refractivity contribution in [1.29, 1.82) is 0 Å². The summed E-state index contributed by atoms with van der Waals surface area (Å²) in [5, 5.41) is 13.0. The lowest BCUT2D eigenvalue weighted by Crippen LogP contribution is -2.50. The van der Waals surface area contributed by atoms with E-state index in [0.717, 1.165) is 0 Å². The minimum absolute atomic E-state index is 0.0972. The summed E-state index contributed by atoms with van der Waals surface area (Å²) in [6, 6.07) is 68.4. The monoisotopic (exact) mass is 756 g/mol. The second kappa shape index (κ2) is 12.7. The molecule has 59 heavy (non-hydrogen) atoms. The van der Waals surface area contributed by atoms with Crippen molar-refractivity contribution in [3.05, 3.63) is 193 Å². The molecule has 0 nitrogen and oxygen atoms in total. The van der Waals surface area contributed by atoms with E-state index in [1.54, 1.807) is 0 Å². The highest BCUT2D eigenvalue weighted by molar-refractivity contribution is 6.23. The SMILES string of the molecule is CC(C)(C)C1(C(C)(C)C)c2cc3cc(-c4c5ccccc5c(-c5ccccc5-c5ccccc5)c5ccccc45)ccc3cc2-c2c1c1ccccc1c1ccccc21. The largest absolute Gasteiger partial charge is 0.0622 e. The number of benzene rings is 10. The zero-order valence-electron chi connectivity index (χ0n) is 34.8. The van der Waals surface area contributed by atoms with Crippen LogP contribution in [0.25, 0.3) is 98.4 Å². The summed E-state index contributed by atoms with van der Waals surface area (Å²) in [6.45, 7) is 14.8. The molecular formula is C59H48. The molecule has 0 N–H and O–H groups in total. The summed E-state index contributed by atoms with van der Waals surface area (Å²) in [4.78, 5) is 0. The van der Waals surface area contributed by atoms with Crippen LogP contribution in [0, 0.1) is 10.8 Å². The van der Waals surface area contributed by atoms with Crippen LogP contribution in [0.2, 0.25) is 0 Å². The molecule has 10 aromatic rings. The highest BCUT2D eigenvalue weighted by Crippen LogP contribution is 2.67. The van der Waals surface area contributed by atoms with Crippen LogP contribution in [0.1, 0.15) is 52.7 Å². The van der Waals surface area contributed by atoms with Crippen LogP contribution < -0.4 is 0 Å². The van der Waals surface area contributed by atoms with Crippen LogP contribution in [0.5, 0.6) is 0 Å². The van der Waals surface area contributed by atoms with Gasteiger partial charge in [0.15, 0.2) is 0 Å². The summed E-state index contributed by atoms with van der Waals surface area (Å²) < 4.78 is 0. The van der Waals surface area contributed by atoms with E-state index in [4.69, 9.17) is 0 Å². The average molecular weight is 757 g/mol. The van der Waals surface area contributed by atoms with E-state index < -0.39 is 0 Å². The molecule has 0 unspecified atom stereocenters. The van der Waals surface area contributed by atoms with Gasteiger partial charge in [-0.15, -0.1) is 0 Å². The van der Waals surface area contributed by atoms with Crippen LogP contribution in [0.4, 0.5) is 0 Å². The maximum Gasteiger partial charge on any atom is 0.0318 e. The Labute approximate surface area is 347 Å². The topological polar surface area (TPSA) is 0 Å². The molecule has 10 aromatic carbocycles. The molecule has 0 spiro atoms. The molecule has 0 fully saturated rings. The minimum Gasteiger partial charge on any atom is -0.0622 e. The molecule has 0 radical (unpaired) electrons. The lowest BCUT2D eigenvalue weighted by atomic mass is 9.49. The van der Waals surface area contributed by atoms with Crippen LogP contribution in [0.15, 0.2) is 182 Å². The molecule has 0 atom stereocenters. The summed E-state index contributed by atoms with van der Waals surface area (Å²) in [7, 11) is 0. The van der Waals surface area contributed by atoms with E-state index in [9.17, 15) is 0 Å². The second-order valence-corrected chi connectivity index (χ2v) is 18.8. The van der Waals surface area contributed by atoms with Crippen LogP contribution >= 0.6 is 0 Å². The average Bonchev–Trinajstić information content (AvgIpc) is 3.57. The predicted octanol–water partition coefficient (Wildman–Crippen LogP) is 16.8. The Morgan fingerprint density at radius 3 is 1.34 bits per heavy atom. The molecule has 0 saturated carbocycles. The predicted molar refractivity (Wildman–Crippen MR) is 255 cm³/mol. The van der Waals surface area contributed by atoms with Crippen molar-refractivity contribution in [1.82, 2.24) is 0 Å². The van der Waals surface area contributed by atoms with Gasteiger partial charge in [0, 0.05) is 5.41 Å². The maximum absolute atomic E-state index is 2.59. The van der Waals surface area contributed by atoms with E-state index in [-0.39, 0.29) is 16.2 Å². The van der Waals surface area contributed by atoms with Gasteiger partial charge < -0.3 is 0 Å². The van der Waals surface area contributed by atoms with Gasteiger partial charge in [-0.05, 0) is 139 Å². The first-order chi connectivity index (χ1) is 28.6. The first-order valence-electron chi connectivity index (χ1n) is 21.2. The van der Waals surface area contributed by atoms with Crippen molar-refractivity contribution in [2.45, 2.75) is 47.0 Å². The lowest BCUT2D eigenvalue weighted by molar-refractivity contribution is 0.0965. The third kappa shape index (κ3) is 4.96. The summed E-state index contributed by atoms with van der Waals surface area (Å²) in [5.41, 5.74) is 12.8. The van der Waals surface area contributed by atoms with E-state index in [1.165, 1.54) is 109 Å². The summed E-state index contributed by atoms with van der Waals surface area (Å²) >= 11 is 0. The van der Waals surface area contributed by atoms with Crippen molar-refractivity contribution in [2.24, 2.45) is 10.8 Å². The molecule has 0 saturated heterocycles. The van der Waals surface area contributed by atoms with Crippen LogP contribution in [0.3, 0.4) is 0 Å². The molecule has 0 aromatic heterocycles.